The quantitative estimate of drug-likeness (QED) is 0.866. The van der Waals surface area contributed by atoms with Crippen LogP contribution in [0.5, 0.6) is 5.88 Å². The fourth-order valence-corrected chi connectivity index (χ4v) is 2.95. The van der Waals surface area contributed by atoms with Gasteiger partial charge in [0.1, 0.15) is 0 Å². The number of hydrogen-bond acceptors (Lipinski definition) is 4. The van der Waals surface area contributed by atoms with Crippen molar-refractivity contribution in [3.8, 4) is 5.88 Å². The molecule has 0 aliphatic carbocycles. The zero-order valence-corrected chi connectivity index (χ0v) is 12.4. The summed E-state index contributed by atoms with van der Waals surface area (Å²) in [6, 6.07) is 12.6. The van der Waals surface area contributed by atoms with Gasteiger partial charge in [-0.15, -0.1) is 0 Å². The minimum atomic E-state index is 0.629. The van der Waals surface area contributed by atoms with E-state index in [9.17, 15) is 0 Å². The predicted molar refractivity (Wildman–Crippen MR) is 83.8 cm³/mol. The number of hydrogen-bond donors (Lipinski definition) is 0. The second-order valence-electron chi connectivity index (χ2n) is 5.42. The van der Waals surface area contributed by atoms with Gasteiger partial charge in [-0.05, 0) is 30.7 Å². The molecule has 2 aromatic rings. The molecule has 21 heavy (non-hydrogen) atoms. The van der Waals surface area contributed by atoms with Crippen LogP contribution in [0.25, 0.3) is 0 Å². The Morgan fingerprint density at radius 3 is 2.76 bits per heavy atom. The summed E-state index contributed by atoms with van der Waals surface area (Å²) in [5.74, 6) is 2.05. The summed E-state index contributed by atoms with van der Waals surface area (Å²) in [5, 5.41) is 0. The lowest BCUT2D eigenvalue weighted by molar-refractivity contribution is 0.396. The van der Waals surface area contributed by atoms with Gasteiger partial charge in [0.2, 0.25) is 11.8 Å². The average Bonchev–Trinajstić information content (AvgIpc) is 2.82. The molecule has 2 heterocycles. The second-order valence-corrected chi connectivity index (χ2v) is 5.42. The van der Waals surface area contributed by atoms with E-state index in [-0.39, 0.29) is 0 Å². The Morgan fingerprint density at radius 1 is 1.10 bits per heavy atom. The van der Waals surface area contributed by atoms with Crippen LogP contribution in [0, 0.1) is 0 Å². The Kier molecular flexibility index (Phi) is 4.34. The molecule has 1 unspecified atom stereocenters. The molecule has 0 amide bonds. The topological polar surface area (TPSA) is 38.2 Å². The van der Waals surface area contributed by atoms with E-state index in [0.717, 1.165) is 25.5 Å². The van der Waals surface area contributed by atoms with E-state index >= 15 is 0 Å². The summed E-state index contributed by atoms with van der Waals surface area (Å²) in [5.41, 5.74) is 1.45. The van der Waals surface area contributed by atoms with Gasteiger partial charge in [-0.2, -0.15) is 4.98 Å². The molecule has 4 heteroatoms. The molecule has 1 atom stereocenters. The average molecular weight is 283 g/mol. The molecule has 4 nitrogen and oxygen atoms in total. The third-order valence-electron chi connectivity index (χ3n) is 4.11. The number of nitrogens with zero attached hydrogens (tertiary/aromatic N) is 3. The van der Waals surface area contributed by atoms with Crippen molar-refractivity contribution < 1.29 is 4.74 Å². The van der Waals surface area contributed by atoms with Crippen molar-refractivity contribution >= 4 is 5.95 Å². The van der Waals surface area contributed by atoms with Gasteiger partial charge >= 0.3 is 0 Å². The third kappa shape index (κ3) is 3.32. The van der Waals surface area contributed by atoms with E-state index in [1.807, 2.05) is 0 Å². The Morgan fingerprint density at radius 2 is 1.95 bits per heavy atom. The molecule has 1 fully saturated rings. The zero-order valence-electron chi connectivity index (χ0n) is 12.4. The zero-order chi connectivity index (χ0) is 14.5. The number of anilines is 1. The molecule has 1 aromatic heterocycles. The second kappa shape index (κ2) is 6.57. The first kappa shape index (κ1) is 13.9. The van der Waals surface area contributed by atoms with Crippen LogP contribution in [0.4, 0.5) is 5.95 Å². The summed E-state index contributed by atoms with van der Waals surface area (Å²) in [4.78, 5) is 11.1. The first-order chi connectivity index (χ1) is 10.4. The van der Waals surface area contributed by atoms with E-state index in [4.69, 9.17) is 4.74 Å². The lowest BCUT2D eigenvalue weighted by Gasteiger charge is -2.20. The van der Waals surface area contributed by atoms with Gasteiger partial charge in [0.05, 0.1) is 7.11 Å². The van der Waals surface area contributed by atoms with Crippen LogP contribution in [0.1, 0.15) is 30.7 Å². The van der Waals surface area contributed by atoms with Crippen molar-refractivity contribution in [2.24, 2.45) is 0 Å². The number of rotatable bonds is 3. The van der Waals surface area contributed by atoms with Gasteiger partial charge in [0, 0.05) is 25.4 Å². The highest BCUT2D eigenvalue weighted by atomic mass is 16.5. The van der Waals surface area contributed by atoms with Gasteiger partial charge in [-0.1, -0.05) is 30.3 Å². The smallest absolute Gasteiger partial charge is 0.228 e. The molecule has 0 N–H and O–H groups in total. The van der Waals surface area contributed by atoms with Crippen molar-refractivity contribution in [3.05, 3.63) is 48.2 Å². The van der Waals surface area contributed by atoms with Crippen molar-refractivity contribution in [2.45, 2.75) is 25.2 Å². The fraction of sp³-hybridized carbons (Fsp3) is 0.412. The third-order valence-corrected chi connectivity index (χ3v) is 4.11. The molecule has 0 radical (unpaired) electrons. The molecule has 3 rings (SSSR count). The van der Waals surface area contributed by atoms with Crippen LogP contribution >= 0.6 is 0 Å². The van der Waals surface area contributed by atoms with Crippen LogP contribution in [-0.2, 0) is 0 Å². The number of ether oxygens (including phenoxy) is 1. The number of benzene rings is 1. The number of methoxy groups -OCH3 is 1. The summed E-state index contributed by atoms with van der Waals surface area (Å²) in [6.45, 7) is 2.00. The molecule has 0 bridgehead atoms. The van der Waals surface area contributed by atoms with Gasteiger partial charge < -0.3 is 9.64 Å². The van der Waals surface area contributed by atoms with E-state index in [0.29, 0.717) is 11.8 Å². The van der Waals surface area contributed by atoms with Crippen LogP contribution in [0.2, 0.25) is 0 Å². The molecule has 110 valence electrons. The standard InChI is InChI=1S/C17H21N3O/c1-21-16-9-11-18-17(19-16)20-12-5-8-15(10-13-20)14-6-3-2-4-7-14/h2-4,6-7,9,11,15H,5,8,10,12-13H2,1H3. The maximum absolute atomic E-state index is 5.19. The summed E-state index contributed by atoms with van der Waals surface area (Å²) in [7, 11) is 1.64. The minimum absolute atomic E-state index is 0.629. The normalized spacial score (nSPS) is 19.1. The molecule has 1 saturated heterocycles. The van der Waals surface area contributed by atoms with Gasteiger partial charge in [-0.3, -0.25) is 0 Å². The molecular weight excluding hydrogens is 262 g/mol. The van der Waals surface area contributed by atoms with Crippen molar-refractivity contribution in [3.63, 3.8) is 0 Å². The summed E-state index contributed by atoms with van der Waals surface area (Å²) < 4.78 is 5.19. The van der Waals surface area contributed by atoms with Crippen LogP contribution in [0.3, 0.4) is 0 Å². The van der Waals surface area contributed by atoms with Gasteiger partial charge in [0.25, 0.3) is 0 Å². The fourth-order valence-electron chi connectivity index (χ4n) is 2.95. The molecule has 1 aliphatic rings. The molecule has 1 aromatic carbocycles. The lowest BCUT2D eigenvalue weighted by atomic mass is 9.92. The summed E-state index contributed by atoms with van der Waals surface area (Å²) >= 11 is 0. The first-order valence-electron chi connectivity index (χ1n) is 7.54. The van der Waals surface area contributed by atoms with E-state index < -0.39 is 0 Å². The Hall–Kier alpha value is -2.10. The largest absolute Gasteiger partial charge is 0.481 e. The Bertz CT molecular complexity index is 573. The minimum Gasteiger partial charge on any atom is -0.481 e. The van der Waals surface area contributed by atoms with Gasteiger partial charge in [0.15, 0.2) is 0 Å². The number of aromatic nitrogens is 2. The van der Waals surface area contributed by atoms with Crippen molar-refractivity contribution in [1.82, 2.24) is 9.97 Å². The summed E-state index contributed by atoms with van der Waals surface area (Å²) in [6.07, 6.45) is 5.30. The highest BCUT2D eigenvalue weighted by molar-refractivity contribution is 5.32. The van der Waals surface area contributed by atoms with Crippen LogP contribution < -0.4 is 9.64 Å². The Labute approximate surface area is 125 Å². The molecule has 0 saturated carbocycles. The molecular formula is C17H21N3O. The van der Waals surface area contributed by atoms with E-state index in [2.05, 4.69) is 45.2 Å². The SMILES string of the molecule is COc1ccnc(N2CCCC(c3ccccc3)CC2)n1. The van der Waals surface area contributed by atoms with Crippen LogP contribution in [-0.4, -0.2) is 30.2 Å². The maximum Gasteiger partial charge on any atom is 0.228 e. The van der Waals surface area contributed by atoms with Crippen LogP contribution in [0.15, 0.2) is 42.6 Å². The van der Waals surface area contributed by atoms with E-state index in [1.54, 1.807) is 19.4 Å². The molecule has 1 aliphatic heterocycles. The first-order valence-corrected chi connectivity index (χ1v) is 7.54. The van der Waals surface area contributed by atoms with Crippen molar-refractivity contribution in [1.29, 1.82) is 0 Å². The highest BCUT2D eigenvalue weighted by Crippen LogP contribution is 2.29. The van der Waals surface area contributed by atoms with Gasteiger partial charge in [-0.25, -0.2) is 4.98 Å². The van der Waals surface area contributed by atoms with Crippen molar-refractivity contribution in [2.75, 3.05) is 25.1 Å². The van der Waals surface area contributed by atoms with E-state index in [1.165, 1.54) is 18.4 Å². The monoisotopic (exact) mass is 283 g/mol. The highest BCUT2D eigenvalue weighted by Gasteiger charge is 2.20. The lowest BCUT2D eigenvalue weighted by Crippen LogP contribution is -2.26. The maximum atomic E-state index is 5.19. The Balaban J connectivity index is 1.70. The molecule has 0 spiro atoms. The predicted octanol–water partition coefficient (Wildman–Crippen LogP) is 3.26.